The predicted octanol–water partition coefficient (Wildman–Crippen LogP) is 0.954. The Hall–Kier alpha value is -1.30. The second-order valence-electron chi connectivity index (χ2n) is 3.07. The molecule has 0 unspecified atom stereocenters. The smallest absolute Gasteiger partial charge is 0.324 e. The number of halogens is 1. The molecule has 1 aromatic heterocycles. The number of rotatable bonds is 6. The molecule has 0 bridgehead atoms. The van der Waals surface area contributed by atoms with E-state index in [4.69, 9.17) is 21.1 Å². The van der Waals surface area contributed by atoms with Gasteiger partial charge in [0, 0.05) is 14.1 Å². The summed E-state index contributed by atoms with van der Waals surface area (Å²) in [5.74, 6) is 0.871. The minimum atomic E-state index is 0.225. The largest absolute Gasteiger partial charge is 0.464 e. The number of anilines is 1. The Bertz CT molecular complexity index is 335. The van der Waals surface area contributed by atoms with Gasteiger partial charge in [-0.15, -0.1) is 16.6 Å². The topological polar surface area (TPSA) is 60.4 Å². The third-order valence-corrected chi connectivity index (χ3v) is 1.72. The molecule has 6 nitrogen and oxygen atoms in total. The van der Waals surface area contributed by atoms with Crippen LogP contribution in [0.1, 0.15) is 6.92 Å². The van der Waals surface area contributed by atoms with Gasteiger partial charge in [-0.05, 0) is 6.92 Å². The second kappa shape index (κ2) is 6.32. The van der Waals surface area contributed by atoms with Crippen molar-refractivity contribution in [1.82, 2.24) is 15.0 Å². The van der Waals surface area contributed by atoms with Crippen LogP contribution in [-0.2, 0) is 0 Å². The summed E-state index contributed by atoms with van der Waals surface area (Å²) >= 11 is 5.52. The summed E-state index contributed by atoms with van der Waals surface area (Å²) in [5, 5.41) is 0. The Morgan fingerprint density at radius 2 is 1.75 bits per heavy atom. The average molecular weight is 247 g/mol. The minimum Gasteiger partial charge on any atom is -0.464 e. The van der Waals surface area contributed by atoms with Crippen molar-refractivity contribution in [1.29, 1.82) is 0 Å². The number of nitrogens with zero attached hydrogens (tertiary/aromatic N) is 4. The first-order chi connectivity index (χ1) is 7.67. The van der Waals surface area contributed by atoms with Crippen LogP contribution in [0.15, 0.2) is 0 Å². The standard InChI is InChI=1S/C9H15ClN4O2/c1-4-15-8-11-7(14(2)3)12-9(13-8)16-6-5-10/h4-6H2,1-3H3. The van der Waals surface area contributed by atoms with Crippen molar-refractivity contribution in [2.75, 3.05) is 38.1 Å². The fourth-order valence-corrected chi connectivity index (χ4v) is 0.993. The average Bonchev–Trinajstić information content (AvgIpc) is 2.26. The molecular formula is C9H15ClN4O2. The van der Waals surface area contributed by atoms with Crippen LogP contribution in [0.2, 0.25) is 0 Å². The first kappa shape index (κ1) is 12.8. The molecule has 0 aliphatic carbocycles. The maximum absolute atomic E-state index is 5.52. The van der Waals surface area contributed by atoms with Crippen LogP contribution < -0.4 is 14.4 Å². The highest BCUT2D eigenvalue weighted by atomic mass is 35.5. The van der Waals surface area contributed by atoms with Crippen LogP contribution in [0.4, 0.5) is 5.95 Å². The van der Waals surface area contributed by atoms with Gasteiger partial charge in [0.2, 0.25) is 5.95 Å². The number of alkyl halides is 1. The summed E-state index contributed by atoms with van der Waals surface area (Å²) in [4.78, 5) is 13.9. The molecule has 0 aliphatic rings. The zero-order valence-corrected chi connectivity index (χ0v) is 10.4. The highest BCUT2D eigenvalue weighted by Gasteiger charge is 2.09. The molecule has 90 valence electrons. The van der Waals surface area contributed by atoms with Crippen molar-refractivity contribution in [3.05, 3.63) is 0 Å². The molecule has 1 aromatic rings. The fourth-order valence-electron chi connectivity index (χ4n) is 0.916. The van der Waals surface area contributed by atoms with E-state index in [1.807, 2.05) is 21.0 Å². The maximum atomic E-state index is 5.52. The normalized spacial score (nSPS) is 10.0. The van der Waals surface area contributed by atoms with Gasteiger partial charge in [-0.1, -0.05) is 0 Å². The van der Waals surface area contributed by atoms with Crippen molar-refractivity contribution in [3.8, 4) is 12.0 Å². The minimum absolute atomic E-state index is 0.225. The molecule has 0 saturated carbocycles. The summed E-state index contributed by atoms with van der Waals surface area (Å²) in [6.07, 6.45) is 0. The SMILES string of the molecule is CCOc1nc(OCCCl)nc(N(C)C)n1. The quantitative estimate of drug-likeness (QED) is 0.697. The van der Waals surface area contributed by atoms with Gasteiger partial charge < -0.3 is 14.4 Å². The van der Waals surface area contributed by atoms with E-state index in [0.717, 1.165) is 0 Å². The lowest BCUT2D eigenvalue weighted by molar-refractivity contribution is 0.281. The van der Waals surface area contributed by atoms with E-state index in [2.05, 4.69) is 15.0 Å². The predicted molar refractivity (Wildman–Crippen MR) is 61.5 cm³/mol. The molecule has 0 atom stereocenters. The van der Waals surface area contributed by atoms with E-state index in [0.29, 0.717) is 25.0 Å². The van der Waals surface area contributed by atoms with Crippen LogP contribution in [0.5, 0.6) is 12.0 Å². The van der Waals surface area contributed by atoms with Crippen LogP contribution >= 0.6 is 11.6 Å². The molecular weight excluding hydrogens is 232 g/mol. The lowest BCUT2D eigenvalue weighted by Gasteiger charge is -2.12. The van der Waals surface area contributed by atoms with Gasteiger partial charge in [-0.25, -0.2) is 0 Å². The van der Waals surface area contributed by atoms with E-state index in [1.165, 1.54) is 0 Å². The number of aromatic nitrogens is 3. The molecule has 0 amide bonds. The molecule has 0 N–H and O–H groups in total. The van der Waals surface area contributed by atoms with Crippen LogP contribution in [0.3, 0.4) is 0 Å². The molecule has 1 heterocycles. The third kappa shape index (κ3) is 3.69. The zero-order chi connectivity index (χ0) is 12.0. The first-order valence-corrected chi connectivity index (χ1v) is 5.45. The Kier molecular flexibility index (Phi) is 5.04. The third-order valence-electron chi connectivity index (χ3n) is 1.56. The highest BCUT2D eigenvalue weighted by Crippen LogP contribution is 2.14. The van der Waals surface area contributed by atoms with Gasteiger partial charge in [-0.3, -0.25) is 0 Å². The van der Waals surface area contributed by atoms with E-state index < -0.39 is 0 Å². The number of hydrogen-bond donors (Lipinski definition) is 0. The van der Waals surface area contributed by atoms with Crippen LogP contribution in [-0.4, -0.2) is 48.1 Å². The highest BCUT2D eigenvalue weighted by molar-refractivity contribution is 6.17. The summed E-state index contributed by atoms with van der Waals surface area (Å²) in [5.41, 5.74) is 0. The summed E-state index contributed by atoms with van der Waals surface area (Å²) < 4.78 is 10.4. The van der Waals surface area contributed by atoms with Crippen molar-refractivity contribution < 1.29 is 9.47 Å². The Balaban J connectivity index is 2.89. The Morgan fingerprint density at radius 1 is 1.12 bits per heavy atom. The van der Waals surface area contributed by atoms with Gasteiger partial charge in [0.15, 0.2) is 0 Å². The number of hydrogen-bond acceptors (Lipinski definition) is 6. The summed E-state index contributed by atoms with van der Waals surface area (Å²) in [6, 6.07) is 0.480. The lowest BCUT2D eigenvalue weighted by atomic mass is 10.7. The molecule has 0 saturated heterocycles. The number of ether oxygens (including phenoxy) is 2. The fraction of sp³-hybridized carbons (Fsp3) is 0.667. The van der Waals surface area contributed by atoms with Gasteiger partial charge in [0.1, 0.15) is 6.61 Å². The summed E-state index contributed by atoms with van der Waals surface area (Å²) in [6.45, 7) is 2.70. The molecule has 7 heteroatoms. The van der Waals surface area contributed by atoms with Crippen molar-refractivity contribution in [3.63, 3.8) is 0 Å². The van der Waals surface area contributed by atoms with Crippen LogP contribution in [0, 0.1) is 0 Å². The molecule has 0 radical (unpaired) electrons. The van der Waals surface area contributed by atoms with E-state index in [9.17, 15) is 0 Å². The Morgan fingerprint density at radius 3 is 2.25 bits per heavy atom. The Labute approximate surface area is 99.6 Å². The van der Waals surface area contributed by atoms with E-state index >= 15 is 0 Å². The van der Waals surface area contributed by atoms with Gasteiger partial charge in [0.25, 0.3) is 0 Å². The monoisotopic (exact) mass is 246 g/mol. The van der Waals surface area contributed by atoms with Crippen molar-refractivity contribution in [2.45, 2.75) is 6.92 Å². The van der Waals surface area contributed by atoms with Gasteiger partial charge in [0.05, 0.1) is 12.5 Å². The molecule has 0 fully saturated rings. The lowest BCUT2D eigenvalue weighted by Crippen LogP contribution is -2.15. The first-order valence-electron chi connectivity index (χ1n) is 4.92. The zero-order valence-electron chi connectivity index (χ0n) is 9.60. The molecule has 16 heavy (non-hydrogen) atoms. The van der Waals surface area contributed by atoms with Crippen LogP contribution in [0.25, 0.3) is 0 Å². The van der Waals surface area contributed by atoms with E-state index in [1.54, 1.807) is 4.90 Å². The molecule has 0 spiro atoms. The van der Waals surface area contributed by atoms with Crippen molar-refractivity contribution >= 4 is 17.5 Å². The molecule has 0 aliphatic heterocycles. The van der Waals surface area contributed by atoms with Gasteiger partial charge in [-0.2, -0.15) is 9.97 Å². The molecule has 1 rings (SSSR count). The summed E-state index contributed by atoms with van der Waals surface area (Å²) in [7, 11) is 3.66. The van der Waals surface area contributed by atoms with Gasteiger partial charge >= 0.3 is 12.0 Å². The van der Waals surface area contributed by atoms with E-state index in [-0.39, 0.29) is 12.0 Å². The maximum Gasteiger partial charge on any atom is 0.324 e. The van der Waals surface area contributed by atoms with Crippen molar-refractivity contribution in [2.24, 2.45) is 0 Å². The molecule has 0 aromatic carbocycles. The second-order valence-corrected chi connectivity index (χ2v) is 3.44.